The van der Waals surface area contributed by atoms with Crippen LogP contribution in [0.4, 0.5) is 11.5 Å². The minimum atomic E-state index is 0.191. The number of aromatic amines is 1. The second-order valence-corrected chi connectivity index (χ2v) is 8.39. The van der Waals surface area contributed by atoms with Crippen LogP contribution < -0.4 is 10.6 Å². The predicted octanol–water partition coefficient (Wildman–Crippen LogP) is 3.54. The van der Waals surface area contributed by atoms with Gasteiger partial charge in [0.15, 0.2) is 0 Å². The van der Waals surface area contributed by atoms with Crippen LogP contribution in [0.3, 0.4) is 0 Å². The zero-order valence-electron chi connectivity index (χ0n) is 17.2. The number of carbonyl (C=O) groups is 1. The van der Waals surface area contributed by atoms with Crippen molar-refractivity contribution in [2.24, 2.45) is 0 Å². The summed E-state index contributed by atoms with van der Waals surface area (Å²) in [5.74, 6) is 0.952. The van der Waals surface area contributed by atoms with Gasteiger partial charge in [-0.2, -0.15) is 0 Å². The Kier molecular flexibility index (Phi) is 5.35. The van der Waals surface area contributed by atoms with E-state index in [-0.39, 0.29) is 5.91 Å². The number of anilines is 2. The maximum absolute atomic E-state index is 12.2. The van der Waals surface area contributed by atoms with E-state index in [1.165, 1.54) is 5.57 Å². The molecular formula is C22H23N7OS. The molecule has 1 aliphatic rings. The smallest absolute Gasteiger partial charge is 0.224 e. The van der Waals surface area contributed by atoms with Gasteiger partial charge in [0.1, 0.15) is 17.8 Å². The molecule has 0 atom stereocenters. The van der Waals surface area contributed by atoms with Crippen LogP contribution in [-0.4, -0.2) is 57.4 Å². The molecule has 158 valence electrons. The molecular weight excluding hydrogens is 410 g/mol. The van der Waals surface area contributed by atoms with Crippen LogP contribution in [0.1, 0.15) is 18.5 Å². The van der Waals surface area contributed by atoms with Crippen molar-refractivity contribution in [1.29, 1.82) is 0 Å². The summed E-state index contributed by atoms with van der Waals surface area (Å²) in [4.78, 5) is 30.8. The molecule has 1 aliphatic heterocycles. The van der Waals surface area contributed by atoms with Crippen LogP contribution in [0.5, 0.6) is 0 Å². The molecule has 1 aromatic carbocycles. The van der Waals surface area contributed by atoms with E-state index >= 15 is 0 Å². The Morgan fingerprint density at radius 1 is 1.26 bits per heavy atom. The number of nitrogens with one attached hydrogen (secondary N) is 3. The first-order chi connectivity index (χ1) is 15.2. The van der Waals surface area contributed by atoms with Crippen LogP contribution in [0.15, 0.2) is 42.2 Å². The second-order valence-electron chi connectivity index (χ2n) is 7.50. The third-order valence-electron chi connectivity index (χ3n) is 5.52. The average Bonchev–Trinajstić information content (AvgIpc) is 3.45. The molecule has 0 unspecified atom stereocenters. The standard InChI is InChI=1S/C22H23N7OS/c1-23-7-4-20(30)29-8-5-14(6-9-29)18-11-16-21(24-12-25-22(16)28-18)27-15-2-3-17-19(10-15)31-13-26-17/h2-3,5,10-13,23H,4,6-9H2,1H3,(H2,24,25,27,28). The largest absolute Gasteiger partial charge is 0.340 e. The third kappa shape index (κ3) is 4.01. The number of benzene rings is 1. The fraction of sp³-hybridized carbons (Fsp3) is 0.273. The summed E-state index contributed by atoms with van der Waals surface area (Å²) in [6.07, 6.45) is 5.04. The highest BCUT2D eigenvalue weighted by Gasteiger charge is 2.19. The molecule has 0 radical (unpaired) electrons. The lowest BCUT2D eigenvalue weighted by Gasteiger charge is -2.26. The van der Waals surface area contributed by atoms with Gasteiger partial charge in [0.2, 0.25) is 5.91 Å². The lowest BCUT2D eigenvalue weighted by Crippen LogP contribution is -2.36. The minimum Gasteiger partial charge on any atom is -0.340 e. The van der Waals surface area contributed by atoms with Gasteiger partial charge in [-0.1, -0.05) is 6.08 Å². The number of thiazole rings is 1. The van der Waals surface area contributed by atoms with E-state index < -0.39 is 0 Å². The SMILES string of the molecule is CNCCC(=O)N1CC=C(c2cc3c(Nc4ccc5ncsc5c4)ncnc3[nH]2)CC1. The maximum atomic E-state index is 12.2. The minimum absolute atomic E-state index is 0.191. The highest BCUT2D eigenvalue weighted by Crippen LogP contribution is 2.30. The monoisotopic (exact) mass is 433 g/mol. The number of hydrogen-bond donors (Lipinski definition) is 3. The maximum Gasteiger partial charge on any atom is 0.224 e. The molecule has 0 spiro atoms. The first kappa shape index (κ1) is 19.7. The highest BCUT2D eigenvalue weighted by molar-refractivity contribution is 7.16. The van der Waals surface area contributed by atoms with Gasteiger partial charge in [0.25, 0.3) is 0 Å². The lowest BCUT2D eigenvalue weighted by atomic mass is 10.0. The third-order valence-corrected chi connectivity index (χ3v) is 6.31. The summed E-state index contributed by atoms with van der Waals surface area (Å²) in [5, 5.41) is 7.38. The molecule has 0 saturated heterocycles. The van der Waals surface area contributed by atoms with E-state index in [1.807, 2.05) is 29.6 Å². The number of fused-ring (bicyclic) bond motifs is 2. The Balaban J connectivity index is 1.37. The molecule has 0 aliphatic carbocycles. The number of nitrogens with zero attached hydrogens (tertiary/aromatic N) is 4. The van der Waals surface area contributed by atoms with Crippen LogP contribution in [-0.2, 0) is 4.79 Å². The number of rotatable bonds is 6. The van der Waals surface area contributed by atoms with Gasteiger partial charge < -0.3 is 20.5 Å². The number of carbonyl (C=O) groups excluding carboxylic acids is 1. The van der Waals surface area contributed by atoms with Crippen LogP contribution in [0.25, 0.3) is 26.8 Å². The van der Waals surface area contributed by atoms with Crippen LogP contribution >= 0.6 is 11.3 Å². The van der Waals surface area contributed by atoms with Gasteiger partial charge in [-0.3, -0.25) is 4.79 Å². The van der Waals surface area contributed by atoms with Gasteiger partial charge in [-0.05, 0) is 43.3 Å². The fourth-order valence-corrected chi connectivity index (χ4v) is 4.53. The molecule has 3 aromatic heterocycles. The fourth-order valence-electron chi connectivity index (χ4n) is 3.81. The number of amides is 1. The molecule has 31 heavy (non-hydrogen) atoms. The molecule has 3 N–H and O–H groups in total. The van der Waals surface area contributed by atoms with E-state index in [2.05, 4.69) is 48.8 Å². The molecule has 4 aromatic rings. The van der Waals surface area contributed by atoms with E-state index in [0.29, 0.717) is 19.5 Å². The topological polar surface area (TPSA) is 98.8 Å². The molecule has 9 heteroatoms. The molecule has 8 nitrogen and oxygen atoms in total. The Morgan fingerprint density at radius 3 is 3.03 bits per heavy atom. The summed E-state index contributed by atoms with van der Waals surface area (Å²) in [6.45, 7) is 2.08. The summed E-state index contributed by atoms with van der Waals surface area (Å²) >= 11 is 1.62. The summed E-state index contributed by atoms with van der Waals surface area (Å²) in [5.41, 5.74) is 6.83. The van der Waals surface area contributed by atoms with Gasteiger partial charge in [0, 0.05) is 37.4 Å². The summed E-state index contributed by atoms with van der Waals surface area (Å²) < 4.78 is 1.13. The Labute approximate surface area is 183 Å². The molecule has 1 amide bonds. The Bertz CT molecular complexity index is 1280. The first-order valence-electron chi connectivity index (χ1n) is 10.3. The van der Waals surface area contributed by atoms with Crippen LogP contribution in [0, 0.1) is 0 Å². The van der Waals surface area contributed by atoms with E-state index in [1.54, 1.807) is 17.7 Å². The molecule has 0 fully saturated rings. The highest BCUT2D eigenvalue weighted by atomic mass is 32.1. The second kappa shape index (κ2) is 8.44. The van der Waals surface area contributed by atoms with E-state index in [0.717, 1.165) is 51.4 Å². The Morgan fingerprint density at radius 2 is 2.19 bits per heavy atom. The number of H-pyrrole nitrogens is 1. The van der Waals surface area contributed by atoms with Gasteiger partial charge >= 0.3 is 0 Å². The van der Waals surface area contributed by atoms with Crippen molar-refractivity contribution in [3.63, 3.8) is 0 Å². The van der Waals surface area contributed by atoms with Crippen molar-refractivity contribution < 1.29 is 4.79 Å². The number of hydrogen-bond acceptors (Lipinski definition) is 7. The van der Waals surface area contributed by atoms with Crippen molar-refractivity contribution in [3.8, 4) is 0 Å². The first-order valence-corrected chi connectivity index (χ1v) is 11.1. The number of aromatic nitrogens is 4. The molecule has 5 rings (SSSR count). The van der Waals surface area contributed by atoms with Crippen molar-refractivity contribution >= 4 is 55.6 Å². The van der Waals surface area contributed by atoms with Crippen LogP contribution in [0.2, 0.25) is 0 Å². The van der Waals surface area contributed by atoms with Crippen molar-refractivity contribution in [1.82, 2.24) is 30.2 Å². The Hall–Kier alpha value is -3.30. The lowest BCUT2D eigenvalue weighted by molar-refractivity contribution is -0.130. The normalized spacial score (nSPS) is 14.2. The zero-order valence-corrected chi connectivity index (χ0v) is 18.0. The molecule has 4 heterocycles. The van der Waals surface area contributed by atoms with Crippen molar-refractivity contribution in [2.45, 2.75) is 12.8 Å². The van der Waals surface area contributed by atoms with Crippen molar-refractivity contribution in [3.05, 3.63) is 47.9 Å². The summed E-state index contributed by atoms with van der Waals surface area (Å²) in [7, 11) is 1.86. The zero-order chi connectivity index (χ0) is 21.2. The van der Waals surface area contributed by atoms with E-state index in [4.69, 9.17) is 0 Å². The molecule has 0 saturated carbocycles. The van der Waals surface area contributed by atoms with E-state index in [9.17, 15) is 4.79 Å². The summed E-state index contributed by atoms with van der Waals surface area (Å²) in [6, 6.07) is 8.18. The predicted molar refractivity (Wildman–Crippen MR) is 125 cm³/mol. The van der Waals surface area contributed by atoms with Crippen molar-refractivity contribution in [2.75, 3.05) is 32.0 Å². The van der Waals surface area contributed by atoms with Gasteiger partial charge in [-0.25, -0.2) is 15.0 Å². The molecule has 0 bridgehead atoms. The van der Waals surface area contributed by atoms with Gasteiger partial charge in [0.05, 0.1) is 21.1 Å². The van der Waals surface area contributed by atoms with Gasteiger partial charge in [-0.15, -0.1) is 11.3 Å². The quantitative estimate of drug-likeness (QED) is 0.430. The average molecular weight is 434 g/mol.